The second-order valence-electron chi connectivity index (χ2n) is 3.90. The minimum Gasteiger partial charge on any atom is -0.494 e. The summed E-state index contributed by atoms with van der Waals surface area (Å²) in [6.45, 7) is 0. The number of hydrogen-bond donors (Lipinski definition) is 0. The molecular weight excluding hydrogens is 276 g/mol. The van der Waals surface area contributed by atoms with Gasteiger partial charge in [-0.15, -0.1) is 0 Å². The zero-order valence-corrected chi connectivity index (χ0v) is 10.2. The molecule has 0 spiro atoms. The molecule has 0 amide bonds. The molecule has 6 heteroatoms. The molecule has 0 aromatic heterocycles. The van der Waals surface area contributed by atoms with Crippen LogP contribution in [-0.2, 0) is 0 Å². The maximum absolute atomic E-state index is 13.9. The van der Waals surface area contributed by atoms with E-state index in [-0.39, 0.29) is 5.75 Å². The smallest absolute Gasteiger partial charge is 0.196 e. The summed E-state index contributed by atoms with van der Waals surface area (Å²) in [5.74, 6) is -6.83. The first-order valence-corrected chi connectivity index (χ1v) is 5.47. The van der Waals surface area contributed by atoms with Crippen LogP contribution in [0, 0.1) is 23.3 Å². The van der Waals surface area contributed by atoms with Crippen LogP contribution in [0.2, 0.25) is 0 Å². The Hall–Kier alpha value is -2.37. The molecule has 2 aromatic carbocycles. The molecule has 2 aromatic rings. The van der Waals surface area contributed by atoms with Crippen molar-refractivity contribution in [1.82, 2.24) is 0 Å². The van der Waals surface area contributed by atoms with E-state index < -0.39 is 40.2 Å². The van der Waals surface area contributed by atoms with Crippen LogP contribution in [0.3, 0.4) is 0 Å². The highest BCUT2D eigenvalue weighted by molar-refractivity contribution is 6.09. The first-order chi connectivity index (χ1) is 9.45. The summed E-state index contributed by atoms with van der Waals surface area (Å²) in [4.78, 5) is 12.0. The van der Waals surface area contributed by atoms with Crippen LogP contribution < -0.4 is 4.74 Å². The third-order valence-electron chi connectivity index (χ3n) is 2.67. The molecular formula is C14H8F4O2. The quantitative estimate of drug-likeness (QED) is 0.490. The van der Waals surface area contributed by atoms with Gasteiger partial charge in [0.15, 0.2) is 34.8 Å². The van der Waals surface area contributed by atoms with Crippen LogP contribution in [0.15, 0.2) is 30.3 Å². The number of carbonyl (C=O) groups is 1. The number of carbonyl (C=O) groups excluding carboxylic acids is 1. The standard InChI is InChI=1S/C14H8F4O2/c1-20-11-4-2-3-8(12(11)17)14(19)7-5-9(15)13(18)10(16)6-7/h2-6H,1H3. The maximum atomic E-state index is 13.9. The zero-order chi connectivity index (χ0) is 14.9. The van der Waals surface area contributed by atoms with E-state index in [2.05, 4.69) is 0 Å². The van der Waals surface area contributed by atoms with Crippen molar-refractivity contribution >= 4 is 5.78 Å². The van der Waals surface area contributed by atoms with E-state index in [1.165, 1.54) is 19.2 Å². The molecule has 0 bridgehead atoms. The molecule has 0 unspecified atom stereocenters. The van der Waals surface area contributed by atoms with Crippen LogP contribution in [0.1, 0.15) is 15.9 Å². The van der Waals surface area contributed by atoms with Crippen molar-refractivity contribution in [2.45, 2.75) is 0 Å². The average molecular weight is 284 g/mol. The van der Waals surface area contributed by atoms with E-state index in [0.717, 1.165) is 6.07 Å². The molecule has 0 heterocycles. The number of hydrogen-bond acceptors (Lipinski definition) is 2. The first-order valence-electron chi connectivity index (χ1n) is 5.47. The second kappa shape index (κ2) is 5.32. The molecule has 2 rings (SSSR count). The highest BCUT2D eigenvalue weighted by atomic mass is 19.2. The van der Waals surface area contributed by atoms with Crippen LogP contribution in [0.4, 0.5) is 17.6 Å². The minimum absolute atomic E-state index is 0.182. The normalized spacial score (nSPS) is 10.4. The number of rotatable bonds is 3. The highest BCUT2D eigenvalue weighted by Crippen LogP contribution is 2.23. The van der Waals surface area contributed by atoms with Gasteiger partial charge in [0.1, 0.15) is 0 Å². The van der Waals surface area contributed by atoms with E-state index in [4.69, 9.17) is 4.74 Å². The Bertz CT molecular complexity index is 660. The van der Waals surface area contributed by atoms with Crippen molar-refractivity contribution in [3.05, 3.63) is 64.7 Å². The first kappa shape index (κ1) is 14.0. The molecule has 20 heavy (non-hydrogen) atoms. The monoisotopic (exact) mass is 284 g/mol. The summed E-state index contributed by atoms with van der Waals surface area (Å²) >= 11 is 0. The Kier molecular flexibility index (Phi) is 3.74. The van der Waals surface area contributed by atoms with E-state index in [1.54, 1.807) is 0 Å². The lowest BCUT2D eigenvalue weighted by Crippen LogP contribution is -2.07. The number of benzene rings is 2. The molecule has 0 fully saturated rings. The molecule has 0 N–H and O–H groups in total. The van der Waals surface area contributed by atoms with Gasteiger partial charge in [-0.3, -0.25) is 4.79 Å². The third-order valence-corrected chi connectivity index (χ3v) is 2.67. The van der Waals surface area contributed by atoms with Gasteiger partial charge in [-0.1, -0.05) is 6.07 Å². The minimum atomic E-state index is -1.69. The van der Waals surface area contributed by atoms with Crippen molar-refractivity contribution in [3.63, 3.8) is 0 Å². The van der Waals surface area contributed by atoms with Gasteiger partial charge in [0.2, 0.25) is 0 Å². The fourth-order valence-electron chi connectivity index (χ4n) is 1.69. The van der Waals surface area contributed by atoms with Crippen LogP contribution in [-0.4, -0.2) is 12.9 Å². The lowest BCUT2D eigenvalue weighted by Gasteiger charge is -2.07. The summed E-state index contributed by atoms with van der Waals surface area (Å²) < 4.78 is 57.6. The summed E-state index contributed by atoms with van der Waals surface area (Å²) in [6, 6.07) is 4.81. The van der Waals surface area contributed by atoms with Crippen molar-refractivity contribution < 1.29 is 27.1 Å². The van der Waals surface area contributed by atoms with Gasteiger partial charge >= 0.3 is 0 Å². The van der Waals surface area contributed by atoms with Gasteiger partial charge < -0.3 is 4.74 Å². The average Bonchev–Trinajstić information content (AvgIpc) is 2.43. The Balaban J connectivity index is 2.52. The molecule has 104 valence electrons. The molecule has 0 radical (unpaired) electrons. The van der Waals surface area contributed by atoms with E-state index >= 15 is 0 Å². The predicted octanol–water partition coefficient (Wildman–Crippen LogP) is 3.48. The van der Waals surface area contributed by atoms with Gasteiger partial charge in [0.05, 0.1) is 12.7 Å². The fourth-order valence-corrected chi connectivity index (χ4v) is 1.69. The highest BCUT2D eigenvalue weighted by Gasteiger charge is 2.20. The van der Waals surface area contributed by atoms with Crippen LogP contribution >= 0.6 is 0 Å². The van der Waals surface area contributed by atoms with Crippen LogP contribution in [0.25, 0.3) is 0 Å². The van der Waals surface area contributed by atoms with Crippen molar-refractivity contribution in [1.29, 1.82) is 0 Å². The fraction of sp³-hybridized carbons (Fsp3) is 0.0714. The number of ketones is 1. The Morgan fingerprint density at radius 3 is 2.15 bits per heavy atom. The Morgan fingerprint density at radius 1 is 1.00 bits per heavy atom. The molecule has 2 nitrogen and oxygen atoms in total. The Morgan fingerprint density at radius 2 is 1.60 bits per heavy atom. The number of halogens is 4. The SMILES string of the molecule is COc1cccc(C(=O)c2cc(F)c(F)c(F)c2)c1F. The number of ether oxygens (including phenoxy) is 1. The third kappa shape index (κ3) is 2.36. The predicted molar refractivity (Wildman–Crippen MR) is 62.7 cm³/mol. The molecule has 0 aliphatic carbocycles. The molecule has 0 aliphatic heterocycles. The van der Waals surface area contributed by atoms with Crippen molar-refractivity contribution in [2.24, 2.45) is 0 Å². The maximum Gasteiger partial charge on any atom is 0.196 e. The second-order valence-corrected chi connectivity index (χ2v) is 3.90. The topological polar surface area (TPSA) is 26.3 Å². The lowest BCUT2D eigenvalue weighted by atomic mass is 10.0. The zero-order valence-electron chi connectivity index (χ0n) is 10.2. The molecule has 0 saturated carbocycles. The van der Waals surface area contributed by atoms with Crippen LogP contribution in [0.5, 0.6) is 5.75 Å². The van der Waals surface area contributed by atoms with E-state index in [9.17, 15) is 22.4 Å². The summed E-state index contributed by atoms with van der Waals surface area (Å²) in [6.07, 6.45) is 0. The van der Waals surface area contributed by atoms with Crippen molar-refractivity contribution in [3.8, 4) is 5.75 Å². The largest absolute Gasteiger partial charge is 0.494 e. The van der Waals surface area contributed by atoms with E-state index in [1.807, 2.05) is 0 Å². The molecule has 0 atom stereocenters. The molecule has 0 saturated heterocycles. The van der Waals surface area contributed by atoms with E-state index in [0.29, 0.717) is 12.1 Å². The summed E-state index contributed by atoms with van der Waals surface area (Å²) in [5, 5.41) is 0. The van der Waals surface area contributed by atoms with Gasteiger partial charge in [-0.25, -0.2) is 17.6 Å². The van der Waals surface area contributed by atoms with Gasteiger partial charge in [-0.05, 0) is 24.3 Å². The molecule has 0 aliphatic rings. The van der Waals surface area contributed by atoms with Gasteiger partial charge in [-0.2, -0.15) is 0 Å². The summed E-state index contributed by atoms with van der Waals surface area (Å²) in [7, 11) is 1.21. The number of methoxy groups -OCH3 is 1. The lowest BCUT2D eigenvalue weighted by molar-refractivity contribution is 0.103. The van der Waals surface area contributed by atoms with Gasteiger partial charge in [0.25, 0.3) is 0 Å². The Labute approximate surface area is 111 Å². The van der Waals surface area contributed by atoms with Crippen molar-refractivity contribution in [2.75, 3.05) is 7.11 Å². The van der Waals surface area contributed by atoms with Gasteiger partial charge in [0, 0.05) is 5.56 Å². The summed E-state index contributed by atoms with van der Waals surface area (Å²) in [5.41, 5.74) is -0.914.